The van der Waals surface area contributed by atoms with Crippen molar-refractivity contribution in [3.63, 3.8) is 0 Å². The molecule has 1 nitrogen and oxygen atoms in total. The zero-order valence-corrected chi connectivity index (χ0v) is 10.7. The molecular weight excluding hydrogens is 240 g/mol. The fourth-order valence-corrected chi connectivity index (χ4v) is 6.02. The molecule has 0 radical (unpaired) electrons. The average Bonchev–Trinajstić information content (AvgIpc) is 2.83. The molecule has 2 heterocycles. The van der Waals surface area contributed by atoms with Crippen LogP contribution < -0.4 is 0 Å². The molecule has 2 saturated heterocycles. The van der Waals surface area contributed by atoms with E-state index in [1.54, 1.807) is 0 Å². The second-order valence-electron chi connectivity index (χ2n) is 3.09. The highest BCUT2D eigenvalue weighted by Gasteiger charge is 2.21. The molecule has 0 aromatic rings. The van der Waals surface area contributed by atoms with E-state index < -0.39 is 0 Å². The van der Waals surface area contributed by atoms with Gasteiger partial charge in [0.1, 0.15) is 0 Å². The Morgan fingerprint density at radius 1 is 1.23 bits per heavy atom. The monoisotopic (exact) mass is 254 g/mol. The Bertz CT molecular complexity index is 147. The summed E-state index contributed by atoms with van der Waals surface area (Å²) in [5, 5.41) is 3.49. The summed E-state index contributed by atoms with van der Waals surface area (Å²) in [6, 6.07) is 0. The van der Waals surface area contributed by atoms with E-state index in [4.69, 9.17) is 4.74 Å². The minimum Gasteiger partial charge on any atom is -0.372 e. The van der Waals surface area contributed by atoms with Gasteiger partial charge in [0.2, 0.25) is 0 Å². The quantitative estimate of drug-likeness (QED) is 0.392. The lowest BCUT2D eigenvalue weighted by atomic mass is 10.5. The van der Waals surface area contributed by atoms with Crippen molar-refractivity contribution in [1.82, 2.24) is 0 Å². The fourth-order valence-electron chi connectivity index (χ4n) is 0.891. The number of hydrogen-bond donors (Lipinski definition) is 0. The van der Waals surface area contributed by atoms with Gasteiger partial charge in [0.05, 0.1) is 12.7 Å². The van der Waals surface area contributed by atoms with Crippen molar-refractivity contribution in [3.8, 4) is 0 Å². The molecule has 0 saturated carbocycles. The topological polar surface area (TPSA) is 12.5 Å². The molecule has 0 N–H and O–H groups in total. The molecule has 2 aliphatic rings. The van der Waals surface area contributed by atoms with Crippen LogP contribution in [0.15, 0.2) is 0 Å². The maximum atomic E-state index is 5.14. The molecular formula is C8H14OS4. The minimum absolute atomic E-state index is 0.598. The van der Waals surface area contributed by atoms with Gasteiger partial charge in [-0.25, -0.2) is 0 Å². The van der Waals surface area contributed by atoms with E-state index >= 15 is 0 Å². The van der Waals surface area contributed by atoms with E-state index in [9.17, 15) is 0 Å². The summed E-state index contributed by atoms with van der Waals surface area (Å²) in [6.45, 7) is 1.01. The summed E-state index contributed by atoms with van der Waals surface area (Å²) < 4.78 is 5.14. The van der Waals surface area contributed by atoms with E-state index in [0.717, 1.165) is 11.9 Å². The van der Waals surface area contributed by atoms with Gasteiger partial charge in [-0.2, -0.15) is 11.8 Å². The molecule has 2 fully saturated rings. The Labute approximate surface area is 96.9 Å². The number of epoxide rings is 1. The van der Waals surface area contributed by atoms with E-state index in [1.165, 1.54) is 27.4 Å². The molecule has 0 bridgehead atoms. The number of thioether (sulfide) groups is 4. The van der Waals surface area contributed by atoms with Crippen LogP contribution in [0.2, 0.25) is 0 Å². The van der Waals surface area contributed by atoms with Gasteiger partial charge in [0.25, 0.3) is 0 Å². The zero-order chi connectivity index (χ0) is 8.93. The van der Waals surface area contributed by atoms with Crippen LogP contribution in [-0.4, -0.2) is 45.4 Å². The first kappa shape index (κ1) is 10.9. The SMILES string of the molecule is C(SCSC1CSC1)SCC1CO1. The molecule has 0 spiro atoms. The molecule has 76 valence electrons. The fraction of sp³-hybridized carbons (Fsp3) is 1.00. The van der Waals surface area contributed by atoms with Crippen molar-refractivity contribution >= 4 is 47.0 Å². The van der Waals surface area contributed by atoms with Gasteiger partial charge in [-0.15, -0.1) is 35.3 Å². The predicted octanol–water partition coefficient (Wildman–Crippen LogP) is 2.62. The first-order valence-corrected chi connectivity index (χ1v) is 8.93. The normalized spacial score (nSPS) is 27.2. The Hall–Kier alpha value is 1.36. The van der Waals surface area contributed by atoms with E-state index in [2.05, 4.69) is 35.3 Å². The van der Waals surface area contributed by atoms with Gasteiger partial charge in [-0.05, 0) is 0 Å². The molecule has 0 amide bonds. The summed E-state index contributed by atoms with van der Waals surface area (Å²) in [5.41, 5.74) is 0. The Kier molecular flexibility index (Phi) is 5.06. The van der Waals surface area contributed by atoms with Gasteiger partial charge in [0.15, 0.2) is 0 Å². The molecule has 5 heteroatoms. The lowest BCUT2D eigenvalue weighted by Crippen LogP contribution is -2.20. The van der Waals surface area contributed by atoms with Crippen molar-refractivity contribution in [2.45, 2.75) is 11.4 Å². The van der Waals surface area contributed by atoms with Crippen molar-refractivity contribution in [2.75, 3.05) is 34.0 Å². The van der Waals surface area contributed by atoms with Gasteiger partial charge >= 0.3 is 0 Å². The van der Waals surface area contributed by atoms with E-state index in [0.29, 0.717) is 6.10 Å². The van der Waals surface area contributed by atoms with Crippen LogP contribution in [-0.2, 0) is 4.74 Å². The van der Waals surface area contributed by atoms with E-state index in [1.807, 2.05) is 11.8 Å². The van der Waals surface area contributed by atoms with Crippen molar-refractivity contribution in [3.05, 3.63) is 0 Å². The van der Waals surface area contributed by atoms with Crippen LogP contribution >= 0.6 is 47.0 Å². The van der Waals surface area contributed by atoms with Crippen LogP contribution in [0.5, 0.6) is 0 Å². The minimum atomic E-state index is 0.598. The molecule has 0 aromatic heterocycles. The van der Waals surface area contributed by atoms with Gasteiger partial charge in [-0.1, -0.05) is 0 Å². The number of rotatable bonds is 7. The predicted molar refractivity (Wildman–Crippen MR) is 68.2 cm³/mol. The third-order valence-electron chi connectivity index (χ3n) is 1.87. The number of ether oxygens (including phenoxy) is 1. The lowest BCUT2D eigenvalue weighted by Gasteiger charge is -2.23. The standard InChI is InChI=1S/C8H14OS4/c1-7(9-1)2-11-5-12-6-13-8-3-10-4-8/h7-8H,1-6H2. The number of hydrogen-bond acceptors (Lipinski definition) is 5. The molecule has 1 unspecified atom stereocenters. The van der Waals surface area contributed by atoms with Crippen molar-refractivity contribution in [2.24, 2.45) is 0 Å². The smallest absolute Gasteiger partial charge is 0.0900 e. The zero-order valence-electron chi connectivity index (χ0n) is 7.44. The second kappa shape index (κ2) is 6.05. The Balaban J connectivity index is 1.32. The summed E-state index contributed by atoms with van der Waals surface area (Å²) in [4.78, 5) is 0. The molecule has 2 aliphatic heterocycles. The summed E-state index contributed by atoms with van der Waals surface area (Å²) in [7, 11) is 0. The van der Waals surface area contributed by atoms with Gasteiger partial charge in [-0.3, -0.25) is 0 Å². The van der Waals surface area contributed by atoms with Gasteiger partial charge in [0, 0.05) is 32.7 Å². The third-order valence-corrected chi connectivity index (χ3v) is 7.52. The largest absolute Gasteiger partial charge is 0.372 e. The van der Waals surface area contributed by atoms with Gasteiger partial charge < -0.3 is 4.74 Å². The molecule has 13 heavy (non-hydrogen) atoms. The van der Waals surface area contributed by atoms with Crippen molar-refractivity contribution in [1.29, 1.82) is 0 Å². The molecule has 1 atom stereocenters. The summed E-state index contributed by atoms with van der Waals surface area (Å²) >= 11 is 8.29. The van der Waals surface area contributed by atoms with Crippen LogP contribution in [0.1, 0.15) is 0 Å². The maximum Gasteiger partial charge on any atom is 0.0900 e. The van der Waals surface area contributed by atoms with Crippen LogP contribution in [0.3, 0.4) is 0 Å². The third kappa shape index (κ3) is 4.60. The van der Waals surface area contributed by atoms with Crippen LogP contribution in [0, 0.1) is 0 Å². The highest BCUT2D eigenvalue weighted by molar-refractivity contribution is 8.23. The Morgan fingerprint density at radius 3 is 2.69 bits per heavy atom. The summed E-state index contributed by atoms with van der Waals surface area (Å²) in [5.74, 6) is 3.97. The lowest BCUT2D eigenvalue weighted by molar-refractivity contribution is 0.426. The van der Waals surface area contributed by atoms with E-state index in [-0.39, 0.29) is 0 Å². The van der Waals surface area contributed by atoms with Crippen LogP contribution in [0.4, 0.5) is 0 Å². The molecule has 2 rings (SSSR count). The highest BCUT2D eigenvalue weighted by atomic mass is 32.2. The first-order chi connectivity index (χ1) is 6.45. The molecule has 0 aromatic carbocycles. The second-order valence-corrected chi connectivity index (χ2v) is 8.20. The average molecular weight is 254 g/mol. The van der Waals surface area contributed by atoms with Crippen LogP contribution in [0.25, 0.3) is 0 Å². The Morgan fingerprint density at radius 2 is 2.08 bits per heavy atom. The maximum absolute atomic E-state index is 5.14. The first-order valence-electron chi connectivity index (χ1n) is 4.41. The highest BCUT2D eigenvalue weighted by Crippen LogP contribution is 2.32. The molecule has 0 aliphatic carbocycles. The van der Waals surface area contributed by atoms with Crippen molar-refractivity contribution < 1.29 is 4.74 Å². The summed E-state index contributed by atoms with van der Waals surface area (Å²) in [6.07, 6.45) is 0.598.